The Balaban J connectivity index is 2.98. The molecule has 0 saturated heterocycles. The summed E-state index contributed by atoms with van der Waals surface area (Å²) in [5, 5.41) is 5.43. The van der Waals surface area contributed by atoms with Crippen LogP contribution in [0, 0.1) is 12.3 Å². The normalized spacial score (nSPS) is 9.06. The molecule has 1 amide bonds. The molecule has 1 aromatic heterocycles. The maximum absolute atomic E-state index is 11.3. The number of pyridine rings is 1. The largest absolute Gasteiger partial charge is 0.480 e. The molecule has 0 saturated carbocycles. The van der Waals surface area contributed by atoms with Gasteiger partial charge in [-0.05, 0) is 12.1 Å². The van der Waals surface area contributed by atoms with E-state index in [4.69, 9.17) is 11.2 Å². The second-order valence-electron chi connectivity index (χ2n) is 2.89. The Hall–Kier alpha value is -2.22. The summed E-state index contributed by atoms with van der Waals surface area (Å²) in [7, 11) is 3.03. The van der Waals surface area contributed by atoms with Gasteiger partial charge in [0.15, 0.2) is 0 Å². The van der Waals surface area contributed by atoms with Crippen LogP contribution in [0.4, 0.5) is 5.69 Å². The Bertz CT molecular complexity index is 424. The summed E-state index contributed by atoms with van der Waals surface area (Å²) < 4.78 is 5.06. The van der Waals surface area contributed by atoms with Gasteiger partial charge in [-0.15, -0.1) is 6.42 Å². The van der Waals surface area contributed by atoms with E-state index in [-0.39, 0.29) is 5.91 Å². The predicted octanol–water partition coefficient (Wildman–Crippen LogP) is 0.495. The van der Waals surface area contributed by atoms with Crippen LogP contribution in [0.2, 0.25) is 0 Å². The van der Waals surface area contributed by atoms with E-state index in [9.17, 15) is 4.79 Å². The summed E-state index contributed by atoms with van der Waals surface area (Å²) in [5.41, 5.74) is 0.957. The Labute approximate surface area is 94.2 Å². The van der Waals surface area contributed by atoms with Gasteiger partial charge in [0.25, 0.3) is 5.91 Å². The Kier molecular flexibility index (Phi) is 4.16. The van der Waals surface area contributed by atoms with Crippen molar-refractivity contribution in [3.05, 3.63) is 17.8 Å². The molecule has 0 spiro atoms. The van der Waals surface area contributed by atoms with Crippen LogP contribution in [0.15, 0.2) is 12.1 Å². The van der Waals surface area contributed by atoms with E-state index in [2.05, 4.69) is 21.5 Å². The second-order valence-corrected chi connectivity index (χ2v) is 2.89. The third-order valence-corrected chi connectivity index (χ3v) is 1.89. The first-order valence-electron chi connectivity index (χ1n) is 4.67. The lowest BCUT2D eigenvalue weighted by Crippen LogP contribution is -2.19. The van der Waals surface area contributed by atoms with Gasteiger partial charge >= 0.3 is 0 Å². The van der Waals surface area contributed by atoms with E-state index < -0.39 is 0 Å². The summed E-state index contributed by atoms with van der Waals surface area (Å²) in [6, 6.07) is 3.30. The SMILES string of the molecule is C#CCNc1ccc(C(=O)NC)nc1OC. The number of nitrogens with zero attached hydrogens (tertiary/aromatic N) is 1. The predicted molar refractivity (Wildman–Crippen MR) is 61.5 cm³/mol. The third kappa shape index (κ3) is 2.64. The minimum atomic E-state index is -0.262. The number of aromatic nitrogens is 1. The van der Waals surface area contributed by atoms with Crippen LogP contribution in [0.5, 0.6) is 5.88 Å². The van der Waals surface area contributed by atoms with Crippen LogP contribution in [0.25, 0.3) is 0 Å². The van der Waals surface area contributed by atoms with Crippen LogP contribution in [-0.4, -0.2) is 31.6 Å². The summed E-state index contributed by atoms with van der Waals surface area (Å²) in [6.45, 7) is 0.372. The zero-order chi connectivity index (χ0) is 12.0. The molecule has 1 aromatic rings. The van der Waals surface area contributed by atoms with Crippen molar-refractivity contribution in [2.45, 2.75) is 0 Å². The Morgan fingerprint density at radius 3 is 2.94 bits per heavy atom. The molecule has 0 unspecified atom stereocenters. The molecule has 5 nitrogen and oxygen atoms in total. The van der Waals surface area contributed by atoms with Crippen LogP contribution in [0.3, 0.4) is 0 Å². The molecule has 5 heteroatoms. The Morgan fingerprint density at radius 1 is 1.62 bits per heavy atom. The van der Waals surface area contributed by atoms with Crippen molar-refractivity contribution >= 4 is 11.6 Å². The summed E-state index contributed by atoms with van der Waals surface area (Å²) in [4.78, 5) is 15.4. The monoisotopic (exact) mass is 219 g/mol. The molecule has 0 radical (unpaired) electrons. The summed E-state index contributed by atoms with van der Waals surface area (Å²) in [6.07, 6.45) is 5.13. The number of carbonyl (C=O) groups excluding carboxylic acids is 1. The average molecular weight is 219 g/mol. The van der Waals surface area contributed by atoms with Gasteiger partial charge < -0.3 is 15.4 Å². The Morgan fingerprint density at radius 2 is 2.38 bits per heavy atom. The highest BCUT2D eigenvalue weighted by atomic mass is 16.5. The van der Waals surface area contributed by atoms with Crippen molar-refractivity contribution < 1.29 is 9.53 Å². The molecule has 0 fully saturated rings. The number of carbonyl (C=O) groups is 1. The minimum Gasteiger partial charge on any atom is -0.480 e. The van der Waals surface area contributed by atoms with Gasteiger partial charge in [-0.2, -0.15) is 0 Å². The van der Waals surface area contributed by atoms with Crippen LogP contribution in [0.1, 0.15) is 10.5 Å². The fourth-order valence-corrected chi connectivity index (χ4v) is 1.13. The molecule has 0 atom stereocenters. The topological polar surface area (TPSA) is 63.2 Å². The maximum atomic E-state index is 11.3. The van der Waals surface area contributed by atoms with Crippen molar-refractivity contribution in [1.82, 2.24) is 10.3 Å². The van der Waals surface area contributed by atoms with Crippen molar-refractivity contribution in [2.75, 3.05) is 26.0 Å². The zero-order valence-electron chi connectivity index (χ0n) is 9.20. The molecule has 0 bridgehead atoms. The number of hydrogen-bond acceptors (Lipinski definition) is 4. The lowest BCUT2D eigenvalue weighted by Gasteiger charge is -2.09. The van der Waals surface area contributed by atoms with Crippen molar-refractivity contribution in [3.8, 4) is 18.2 Å². The van der Waals surface area contributed by atoms with Crippen molar-refractivity contribution in [3.63, 3.8) is 0 Å². The zero-order valence-corrected chi connectivity index (χ0v) is 9.20. The van der Waals surface area contributed by atoms with Crippen LogP contribution < -0.4 is 15.4 Å². The molecule has 0 aliphatic rings. The number of nitrogens with one attached hydrogen (secondary N) is 2. The molecule has 0 aromatic carbocycles. The van der Waals surface area contributed by atoms with E-state index in [0.717, 1.165) is 0 Å². The van der Waals surface area contributed by atoms with Gasteiger partial charge in [-0.25, -0.2) is 4.98 Å². The number of anilines is 1. The fourth-order valence-electron chi connectivity index (χ4n) is 1.13. The number of rotatable bonds is 4. The van der Waals surface area contributed by atoms with Gasteiger partial charge in [0, 0.05) is 7.05 Å². The van der Waals surface area contributed by atoms with Crippen molar-refractivity contribution in [2.24, 2.45) is 0 Å². The molecule has 0 aliphatic carbocycles. The number of hydrogen-bond donors (Lipinski definition) is 2. The van der Waals surface area contributed by atoms with Gasteiger partial charge in [-0.3, -0.25) is 4.79 Å². The van der Waals surface area contributed by atoms with Gasteiger partial charge in [-0.1, -0.05) is 5.92 Å². The van der Waals surface area contributed by atoms with E-state index >= 15 is 0 Å². The number of methoxy groups -OCH3 is 1. The van der Waals surface area contributed by atoms with Crippen LogP contribution >= 0.6 is 0 Å². The molecule has 1 rings (SSSR count). The highest BCUT2D eigenvalue weighted by Gasteiger charge is 2.09. The molecule has 0 aliphatic heterocycles. The highest BCUT2D eigenvalue weighted by Crippen LogP contribution is 2.21. The second kappa shape index (κ2) is 5.61. The summed E-state index contributed by atoms with van der Waals surface area (Å²) in [5.74, 6) is 2.52. The lowest BCUT2D eigenvalue weighted by atomic mass is 10.3. The smallest absolute Gasteiger partial charge is 0.269 e. The molecule has 2 N–H and O–H groups in total. The standard InChI is InChI=1S/C11H13N3O2/c1-4-7-13-9-6-5-8(10(15)12-2)14-11(9)16-3/h1,5-6,13H,7H2,2-3H3,(H,12,15). The highest BCUT2D eigenvalue weighted by molar-refractivity contribution is 5.92. The van der Waals surface area contributed by atoms with E-state index in [1.54, 1.807) is 19.2 Å². The molecular weight excluding hydrogens is 206 g/mol. The first kappa shape index (κ1) is 11.9. The molecule has 1 heterocycles. The molecular formula is C11H13N3O2. The van der Waals surface area contributed by atoms with E-state index in [0.29, 0.717) is 23.8 Å². The number of amides is 1. The minimum absolute atomic E-state index is 0.262. The third-order valence-electron chi connectivity index (χ3n) is 1.89. The lowest BCUT2D eigenvalue weighted by molar-refractivity contribution is 0.0957. The van der Waals surface area contributed by atoms with Gasteiger partial charge in [0.2, 0.25) is 5.88 Å². The van der Waals surface area contributed by atoms with Crippen molar-refractivity contribution in [1.29, 1.82) is 0 Å². The summed E-state index contributed by atoms with van der Waals surface area (Å²) >= 11 is 0. The van der Waals surface area contributed by atoms with E-state index in [1.165, 1.54) is 7.11 Å². The average Bonchev–Trinajstić information content (AvgIpc) is 2.35. The van der Waals surface area contributed by atoms with E-state index in [1.807, 2.05) is 0 Å². The first-order chi connectivity index (χ1) is 7.72. The first-order valence-corrected chi connectivity index (χ1v) is 4.67. The number of terminal acetylenes is 1. The van der Waals surface area contributed by atoms with Gasteiger partial charge in [0.1, 0.15) is 5.69 Å². The number of ether oxygens (including phenoxy) is 1. The maximum Gasteiger partial charge on any atom is 0.269 e. The fraction of sp³-hybridized carbons (Fsp3) is 0.273. The van der Waals surface area contributed by atoms with Gasteiger partial charge in [0.05, 0.1) is 19.3 Å². The molecule has 16 heavy (non-hydrogen) atoms. The quantitative estimate of drug-likeness (QED) is 0.724. The molecule has 84 valence electrons. The van der Waals surface area contributed by atoms with Crippen LogP contribution in [-0.2, 0) is 0 Å².